The molecule has 0 spiro atoms. The number of amides is 2. The molecule has 1 aliphatic rings. The fourth-order valence-electron chi connectivity index (χ4n) is 3.16. The van der Waals surface area contributed by atoms with Gasteiger partial charge in [0.15, 0.2) is 11.0 Å². The minimum Gasteiger partial charge on any atom is -0.282 e. The fraction of sp³-hybridized carbons (Fsp3) is 0.238. The Kier molecular flexibility index (Phi) is 5.25. The number of thioether (sulfide) groups is 1. The van der Waals surface area contributed by atoms with Crippen molar-refractivity contribution in [1.82, 2.24) is 19.7 Å². The molecule has 0 N–H and O–H groups in total. The van der Waals surface area contributed by atoms with Gasteiger partial charge in [-0.05, 0) is 19.1 Å². The molecule has 1 fully saturated rings. The maximum absolute atomic E-state index is 11.8. The van der Waals surface area contributed by atoms with Gasteiger partial charge in [0, 0.05) is 36.4 Å². The van der Waals surface area contributed by atoms with Crippen LogP contribution in [0.3, 0.4) is 0 Å². The second kappa shape index (κ2) is 7.98. The zero-order valence-corrected chi connectivity index (χ0v) is 16.4. The van der Waals surface area contributed by atoms with Gasteiger partial charge in [-0.25, -0.2) is 0 Å². The van der Waals surface area contributed by atoms with Crippen LogP contribution in [0.1, 0.15) is 18.4 Å². The molecule has 3 aromatic rings. The Balaban J connectivity index is 1.62. The van der Waals surface area contributed by atoms with E-state index >= 15 is 0 Å². The summed E-state index contributed by atoms with van der Waals surface area (Å²) in [6, 6.07) is 18.1. The normalized spacial score (nSPS) is 14.1. The maximum atomic E-state index is 11.8. The summed E-state index contributed by atoms with van der Waals surface area (Å²) in [5.74, 6) is 1.17. The lowest BCUT2D eigenvalue weighted by molar-refractivity contribution is -0.137. The van der Waals surface area contributed by atoms with Crippen LogP contribution in [0, 0.1) is 6.92 Å². The highest BCUT2D eigenvalue weighted by Gasteiger charge is 2.28. The molecule has 7 heteroatoms. The van der Waals surface area contributed by atoms with Gasteiger partial charge in [-0.3, -0.25) is 19.1 Å². The molecule has 0 bridgehead atoms. The van der Waals surface area contributed by atoms with Crippen LogP contribution in [-0.2, 0) is 9.59 Å². The van der Waals surface area contributed by atoms with Gasteiger partial charge in [-0.15, -0.1) is 10.2 Å². The second-order valence-electron chi connectivity index (χ2n) is 6.63. The Bertz CT molecular complexity index is 983. The Hall–Kier alpha value is -2.93. The molecule has 0 unspecified atom stereocenters. The van der Waals surface area contributed by atoms with Gasteiger partial charge in [-0.1, -0.05) is 59.8 Å². The van der Waals surface area contributed by atoms with Crippen LogP contribution in [0.2, 0.25) is 0 Å². The average molecular weight is 392 g/mol. The number of aryl methyl sites for hydroxylation is 1. The van der Waals surface area contributed by atoms with E-state index in [-0.39, 0.29) is 11.8 Å². The van der Waals surface area contributed by atoms with Crippen LogP contribution >= 0.6 is 11.8 Å². The van der Waals surface area contributed by atoms with E-state index in [0.717, 1.165) is 22.2 Å². The molecular formula is C21H20N4O2S. The van der Waals surface area contributed by atoms with E-state index in [0.29, 0.717) is 25.1 Å². The molecule has 1 aliphatic heterocycles. The lowest BCUT2D eigenvalue weighted by Crippen LogP contribution is -2.31. The minimum absolute atomic E-state index is 0.0874. The lowest BCUT2D eigenvalue weighted by atomic mass is 10.2. The Morgan fingerprint density at radius 2 is 1.61 bits per heavy atom. The summed E-state index contributed by atoms with van der Waals surface area (Å²) in [6.07, 6.45) is 0.641. The third-order valence-corrected chi connectivity index (χ3v) is 5.57. The molecule has 2 aromatic carbocycles. The summed E-state index contributed by atoms with van der Waals surface area (Å²) >= 11 is 1.50. The summed E-state index contributed by atoms with van der Waals surface area (Å²) in [5.41, 5.74) is 3.14. The number of imide groups is 1. The summed E-state index contributed by atoms with van der Waals surface area (Å²) in [6.45, 7) is 2.44. The zero-order chi connectivity index (χ0) is 19.5. The van der Waals surface area contributed by atoms with Gasteiger partial charge in [0.05, 0.1) is 0 Å². The van der Waals surface area contributed by atoms with Crippen molar-refractivity contribution in [3.63, 3.8) is 0 Å². The predicted octanol–water partition coefficient (Wildman–Crippen LogP) is 3.48. The summed E-state index contributed by atoms with van der Waals surface area (Å²) < 4.78 is 2.02. The van der Waals surface area contributed by atoms with E-state index in [9.17, 15) is 9.59 Å². The molecule has 4 rings (SSSR count). The lowest BCUT2D eigenvalue weighted by Gasteiger charge is -2.14. The van der Waals surface area contributed by atoms with Crippen molar-refractivity contribution in [2.45, 2.75) is 24.9 Å². The first-order valence-electron chi connectivity index (χ1n) is 9.17. The average Bonchev–Trinajstić information content (AvgIpc) is 3.27. The van der Waals surface area contributed by atoms with Gasteiger partial charge in [0.25, 0.3) is 0 Å². The number of benzene rings is 2. The number of likely N-dealkylation sites (tertiary alicyclic amines) is 1. The highest BCUT2D eigenvalue weighted by Crippen LogP contribution is 2.28. The van der Waals surface area contributed by atoms with Crippen LogP contribution in [0.25, 0.3) is 17.1 Å². The van der Waals surface area contributed by atoms with Crippen LogP contribution in [0.15, 0.2) is 59.8 Å². The Morgan fingerprint density at radius 3 is 2.29 bits per heavy atom. The van der Waals surface area contributed by atoms with E-state index in [1.807, 2.05) is 54.0 Å². The van der Waals surface area contributed by atoms with Crippen LogP contribution in [0.5, 0.6) is 0 Å². The standard InChI is InChI=1S/C21H20N4O2S/c1-15-7-9-17(10-8-15)25-20(16-5-3-2-4-6-16)22-23-21(25)28-14-13-24-18(26)11-12-19(24)27/h2-10H,11-14H2,1H3. The SMILES string of the molecule is Cc1ccc(-n2c(SCCN3C(=O)CCC3=O)nnc2-c2ccccc2)cc1. The van der Waals surface area contributed by atoms with E-state index in [1.54, 1.807) is 0 Å². The van der Waals surface area contributed by atoms with Crippen molar-refractivity contribution in [1.29, 1.82) is 0 Å². The molecule has 0 saturated carbocycles. The van der Waals surface area contributed by atoms with Gasteiger partial charge in [-0.2, -0.15) is 0 Å². The van der Waals surface area contributed by atoms with E-state index in [4.69, 9.17) is 0 Å². The van der Waals surface area contributed by atoms with E-state index < -0.39 is 0 Å². The first-order valence-corrected chi connectivity index (χ1v) is 10.2. The highest BCUT2D eigenvalue weighted by atomic mass is 32.2. The van der Waals surface area contributed by atoms with Gasteiger partial charge < -0.3 is 0 Å². The molecule has 2 amide bonds. The number of nitrogens with zero attached hydrogens (tertiary/aromatic N) is 4. The largest absolute Gasteiger partial charge is 0.282 e. The highest BCUT2D eigenvalue weighted by molar-refractivity contribution is 7.99. The van der Waals surface area contributed by atoms with Crippen molar-refractivity contribution in [3.8, 4) is 17.1 Å². The predicted molar refractivity (Wildman–Crippen MR) is 108 cm³/mol. The molecule has 0 radical (unpaired) electrons. The Morgan fingerprint density at radius 1 is 0.929 bits per heavy atom. The summed E-state index contributed by atoms with van der Waals surface area (Å²) in [7, 11) is 0. The Labute approximate surface area is 167 Å². The van der Waals surface area contributed by atoms with Crippen LogP contribution in [0.4, 0.5) is 0 Å². The number of aromatic nitrogens is 3. The monoisotopic (exact) mass is 392 g/mol. The molecule has 0 aliphatic carbocycles. The van der Waals surface area contributed by atoms with Gasteiger partial charge in [0.2, 0.25) is 11.8 Å². The molecule has 0 atom stereocenters. The summed E-state index contributed by atoms with van der Waals surface area (Å²) in [5, 5.41) is 9.53. The molecule has 1 saturated heterocycles. The fourth-order valence-corrected chi connectivity index (χ4v) is 4.04. The van der Waals surface area contributed by atoms with Gasteiger partial charge in [0.1, 0.15) is 0 Å². The second-order valence-corrected chi connectivity index (χ2v) is 7.69. The minimum atomic E-state index is -0.0874. The molecule has 1 aromatic heterocycles. The van der Waals surface area contributed by atoms with E-state index in [1.165, 1.54) is 22.2 Å². The number of carbonyl (C=O) groups is 2. The van der Waals surface area contributed by atoms with Crippen molar-refractivity contribution in [2.24, 2.45) is 0 Å². The maximum Gasteiger partial charge on any atom is 0.229 e. The zero-order valence-electron chi connectivity index (χ0n) is 15.5. The van der Waals surface area contributed by atoms with Crippen molar-refractivity contribution in [2.75, 3.05) is 12.3 Å². The molecule has 2 heterocycles. The van der Waals surface area contributed by atoms with Crippen LogP contribution in [-0.4, -0.2) is 43.8 Å². The van der Waals surface area contributed by atoms with Crippen molar-refractivity contribution < 1.29 is 9.59 Å². The number of hydrogen-bond donors (Lipinski definition) is 0. The van der Waals surface area contributed by atoms with Crippen LogP contribution < -0.4 is 0 Å². The van der Waals surface area contributed by atoms with Crippen molar-refractivity contribution in [3.05, 3.63) is 60.2 Å². The van der Waals surface area contributed by atoms with E-state index in [2.05, 4.69) is 22.3 Å². The molecular weight excluding hydrogens is 372 g/mol. The smallest absolute Gasteiger partial charge is 0.229 e. The molecule has 28 heavy (non-hydrogen) atoms. The first-order chi connectivity index (χ1) is 13.6. The first kappa shape index (κ1) is 18.4. The third kappa shape index (κ3) is 3.71. The number of hydrogen-bond acceptors (Lipinski definition) is 5. The third-order valence-electron chi connectivity index (χ3n) is 4.66. The quantitative estimate of drug-likeness (QED) is 0.475. The topological polar surface area (TPSA) is 68.1 Å². The number of rotatable bonds is 6. The van der Waals surface area contributed by atoms with Crippen molar-refractivity contribution >= 4 is 23.6 Å². The van der Waals surface area contributed by atoms with Gasteiger partial charge >= 0.3 is 0 Å². The number of carbonyl (C=O) groups excluding carboxylic acids is 2. The molecule has 142 valence electrons. The molecule has 6 nitrogen and oxygen atoms in total. The summed E-state index contributed by atoms with van der Waals surface area (Å²) in [4.78, 5) is 24.9.